The predicted molar refractivity (Wildman–Crippen MR) is 70.6 cm³/mol. The Morgan fingerprint density at radius 1 is 1.47 bits per heavy atom. The van der Waals surface area contributed by atoms with Crippen molar-refractivity contribution in [2.75, 3.05) is 0 Å². The van der Waals surface area contributed by atoms with Crippen molar-refractivity contribution in [3.63, 3.8) is 0 Å². The molecule has 2 atom stereocenters. The molecule has 96 valence electrons. The van der Waals surface area contributed by atoms with Crippen molar-refractivity contribution in [2.24, 2.45) is 0 Å². The van der Waals surface area contributed by atoms with Gasteiger partial charge in [0, 0.05) is 6.42 Å². The molecule has 1 fully saturated rings. The summed E-state index contributed by atoms with van der Waals surface area (Å²) in [5.74, 6) is 0. The highest BCUT2D eigenvalue weighted by Gasteiger charge is 2.34. The van der Waals surface area contributed by atoms with Crippen LogP contribution >= 0.6 is 0 Å². The molecule has 0 aromatic heterocycles. The van der Waals surface area contributed by atoms with E-state index in [-0.39, 0.29) is 6.10 Å². The van der Waals surface area contributed by atoms with Gasteiger partial charge in [-0.15, -0.1) is 6.58 Å². The van der Waals surface area contributed by atoms with Crippen molar-refractivity contribution in [1.82, 2.24) is 0 Å². The molecule has 2 nitrogen and oxygen atoms in total. The summed E-state index contributed by atoms with van der Waals surface area (Å²) >= 11 is 0. The van der Waals surface area contributed by atoms with Crippen molar-refractivity contribution in [3.05, 3.63) is 12.7 Å². The van der Waals surface area contributed by atoms with Gasteiger partial charge in [0.15, 0.2) is 5.60 Å². The zero-order chi connectivity index (χ0) is 12.6. The van der Waals surface area contributed by atoms with Gasteiger partial charge >= 0.3 is 0 Å². The molecule has 0 unspecified atom stereocenters. The molecule has 0 aliphatic carbocycles. The Balaban J connectivity index is 2.55. The molecule has 0 bridgehead atoms. The lowest BCUT2D eigenvalue weighted by molar-refractivity contribution is -0.0570. The van der Waals surface area contributed by atoms with E-state index in [9.17, 15) is 5.26 Å². The van der Waals surface area contributed by atoms with Crippen LogP contribution in [0.25, 0.3) is 0 Å². The maximum atomic E-state index is 9.36. The average Bonchev–Trinajstić information content (AvgIpc) is 2.53. The Morgan fingerprint density at radius 3 is 2.94 bits per heavy atom. The first-order valence-electron chi connectivity index (χ1n) is 6.96. The average molecular weight is 235 g/mol. The Hall–Kier alpha value is -0.810. The van der Waals surface area contributed by atoms with E-state index in [0.29, 0.717) is 6.42 Å². The van der Waals surface area contributed by atoms with Crippen LogP contribution in [0.15, 0.2) is 12.7 Å². The molecule has 1 rings (SSSR count). The van der Waals surface area contributed by atoms with Crippen LogP contribution in [0.5, 0.6) is 0 Å². The number of hydrogen-bond donors (Lipinski definition) is 0. The summed E-state index contributed by atoms with van der Waals surface area (Å²) in [5, 5.41) is 9.36. The van der Waals surface area contributed by atoms with E-state index in [1.54, 1.807) is 0 Å². The first kappa shape index (κ1) is 14.3. The van der Waals surface area contributed by atoms with E-state index in [1.807, 2.05) is 6.08 Å². The number of hydrogen-bond acceptors (Lipinski definition) is 2. The minimum Gasteiger partial charge on any atom is -0.357 e. The Labute approximate surface area is 106 Å². The fourth-order valence-electron chi connectivity index (χ4n) is 2.56. The molecule has 2 heteroatoms. The monoisotopic (exact) mass is 235 g/mol. The summed E-state index contributed by atoms with van der Waals surface area (Å²) < 4.78 is 6.10. The lowest BCUT2D eigenvalue weighted by Gasteiger charge is -2.28. The van der Waals surface area contributed by atoms with Gasteiger partial charge in [-0.1, -0.05) is 38.7 Å². The predicted octanol–water partition coefficient (Wildman–Crippen LogP) is 4.36. The van der Waals surface area contributed by atoms with Crippen LogP contribution in [-0.4, -0.2) is 11.7 Å². The largest absolute Gasteiger partial charge is 0.357 e. The molecular formula is C15H25NO. The fraction of sp³-hybridized carbons (Fsp3) is 0.800. The maximum absolute atomic E-state index is 9.36. The summed E-state index contributed by atoms with van der Waals surface area (Å²) in [5.41, 5.74) is -0.588. The third-order valence-corrected chi connectivity index (χ3v) is 3.56. The van der Waals surface area contributed by atoms with Crippen LogP contribution in [0.1, 0.15) is 64.7 Å². The van der Waals surface area contributed by atoms with Crippen molar-refractivity contribution in [2.45, 2.75) is 76.4 Å². The van der Waals surface area contributed by atoms with E-state index < -0.39 is 5.60 Å². The molecule has 1 aliphatic rings. The van der Waals surface area contributed by atoms with Gasteiger partial charge in [-0.3, -0.25) is 0 Å². The lowest BCUT2D eigenvalue weighted by Crippen LogP contribution is -2.33. The fourth-order valence-corrected chi connectivity index (χ4v) is 2.56. The van der Waals surface area contributed by atoms with E-state index in [0.717, 1.165) is 25.7 Å². The van der Waals surface area contributed by atoms with Gasteiger partial charge in [-0.25, -0.2) is 0 Å². The minimum absolute atomic E-state index is 0.281. The zero-order valence-electron chi connectivity index (χ0n) is 11.1. The summed E-state index contributed by atoms with van der Waals surface area (Å²) in [6.45, 7) is 5.96. The second-order valence-electron chi connectivity index (χ2n) is 5.08. The molecule has 0 aromatic carbocycles. The first-order chi connectivity index (χ1) is 8.26. The van der Waals surface area contributed by atoms with E-state index in [2.05, 4.69) is 19.6 Å². The number of nitrogens with zero attached hydrogens (tertiary/aromatic N) is 1. The van der Waals surface area contributed by atoms with Gasteiger partial charge in [0.05, 0.1) is 12.2 Å². The molecule has 0 spiro atoms. The molecule has 0 amide bonds. The van der Waals surface area contributed by atoms with Crippen LogP contribution in [-0.2, 0) is 4.74 Å². The molecule has 0 saturated carbocycles. The van der Waals surface area contributed by atoms with E-state index in [1.165, 1.54) is 25.7 Å². The summed E-state index contributed by atoms with van der Waals surface area (Å²) in [6.07, 6.45) is 11.9. The van der Waals surface area contributed by atoms with Gasteiger partial charge in [-0.05, 0) is 25.7 Å². The Bertz CT molecular complexity index is 269. The van der Waals surface area contributed by atoms with Crippen molar-refractivity contribution in [3.8, 4) is 6.07 Å². The third kappa shape index (κ3) is 4.52. The minimum atomic E-state index is -0.588. The van der Waals surface area contributed by atoms with Crippen LogP contribution in [0.3, 0.4) is 0 Å². The Kier molecular flexibility index (Phi) is 6.29. The summed E-state index contributed by atoms with van der Waals surface area (Å²) in [6, 6.07) is 2.39. The van der Waals surface area contributed by atoms with Crippen LogP contribution < -0.4 is 0 Å². The number of nitriles is 1. The molecule has 0 aromatic rings. The topological polar surface area (TPSA) is 33.0 Å². The highest BCUT2D eigenvalue weighted by molar-refractivity contribution is 5.06. The molecule has 0 N–H and O–H groups in total. The van der Waals surface area contributed by atoms with Crippen molar-refractivity contribution < 1.29 is 4.74 Å². The molecule has 0 radical (unpaired) electrons. The summed E-state index contributed by atoms with van der Waals surface area (Å²) in [7, 11) is 0. The van der Waals surface area contributed by atoms with Crippen LogP contribution in [0, 0.1) is 11.3 Å². The first-order valence-corrected chi connectivity index (χ1v) is 6.96. The normalized spacial score (nSPS) is 29.3. The Morgan fingerprint density at radius 2 is 2.29 bits per heavy atom. The number of unbranched alkanes of at least 4 members (excludes halogenated alkanes) is 2. The van der Waals surface area contributed by atoms with Crippen LogP contribution in [0.2, 0.25) is 0 Å². The van der Waals surface area contributed by atoms with Gasteiger partial charge in [-0.2, -0.15) is 5.26 Å². The highest BCUT2D eigenvalue weighted by atomic mass is 16.5. The molecule has 1 aliphatic heterocycles. The van der Waals surface area contributed by atoms with Gasteiger partial charge in [0.25, 0.3) is 0 Å². The molecular weight excluding hydrogens is 210 g/mol. The van der Waals surface area contributed by atoms with Gasteiger partial charge in [0.2, 0.25) is 0 Å². The quantitative estimate of drug-likeness (QED) is 0.506. The SMILES string of the molecule is C=CC[C@]1(C#N)CCCC[C@H](CCCCC)O1. The smallest absolute Gasteiger partial charge is 0.157 e. The number of ether oxygens (including phenoxy) is 1. The second-order valence-corrected chi connectivity index (χ2v) is 5.08. The van der Waals surface area contributed by atoms with Crippen molar-refractivity contribution in [1.29, 1.82) is 5.26 Å². The van der Waals surface area contributed by atoms with Crippen molar-refractivity contribution >= 4 is 0 Å². The molecule has 17 heavy (non-hydrogen) atoms. The van der Waals surface area contributed by atoms with E-state index >= 15 is 0 Å². The second kappa shape index (κ2) is 7.50. The highest BCUT2D eigenvalue weighted by Crippen LogP contribution is 2.32. The maximum Gasteiger partial charge on any atom is 0.157 e. The number of rotatable bonds is 6. The van der Waals surface area contributed by atoms with Gasteiger partial charge < -0.3 is 4.74 Å². The van der Waals surface area contributed by atoms with Crippen LogP contribution in [0.4, 0.5) is 0 Å². The lowest BCUT2D eigenvalue weighted by atomic mass is 9.95. The summed E-state index contributed by atoms with van der Waals surface area (Å²) in [4.78, 5) is 0. The van der Waals surface area contributed by atoms with Gasteiger partial charge in [0.1, 0.15) is 0 Å². The standard InChI is InChI=1S/C15H25NO/c1-3-5-6-9-14-10-7-8-12-15(13-16,17-14)11-4-2/h4,14H,2-3,5-12H2,1H3/t14-,15+/m0/s1. The molecule has 1 saturated heterocycles. The van der Waals surface area contributed by atoms with E-state index in [4.69, 9.17) is 4.74 Å². The molecule has 1 heterocycles. The third-order valence-electron chi connectivity index (χ3n) is 3.56. The zero-order valence-corrected chi connectivity index (χ0v) is 11.1.